The third kappa shape index (κ3) is 7.38. The molecule has 27 heavy (non-hydrogen) atoms. The molecule has 1 aliphatic heterocycles. The molecule has 2 atom stereocenters. The maximum absolute atomic E-state index is 11.8. The topological polar surface area (TPSA) is 119 Å². The predicted molar refractivity (Wildman–Crippen MR) is 98.1 cm³/mol. The van der Waals surface area contributed by atoms with Gasteiger partial charge in [0.15, 0.2) is 16.4 Å². The van der Waals surface area contributed by atoms with E-state index in [1.165, 1.54) is 0 Å². The van der Waals surface area contributed by atoms with Crippen molar-refractivity contribution >= 4 is 27.6 Å². The number of rotatable bonds is 7. The van der Waals surface area contributed by atoms with E-state index in [4.69, 9.17) is 4.74 Å². The predicted octanol–water partition coefficient (Wildman–Crippen LogP) is 0.696. The first-order valence-electron chi connectivity index (χ1n) is 8.74. The third-order valence-corrected chi connectivity index (χ3v) is 6.18. The minimum Gasteiger partial charge on any atom is -0.455 e. The smallest absolute Gasteiger partial charge is 0.306 e. The van der Waals surface area contributed by atoms with Crippen LogP contribution in [-0.4, -0.2) is 44.3 Å². The van der Waals surface area contributed by atoms with E-state index in [-0.39, 0.29) is 36.2 Å². The zero-order valence-corrected chi connectivity index (χ0v) is 16.0. The lowest BCUT2D eigenvalue weighted by Gasteiger charge is -2.12. The molecular formula is C18H24N2O6S. The van der Waals surface area contributed by atoms with Crippen molar-refractivity contribution in [2.45, 2.75) is 32.1 Å². The number of hydrogen-bond donors (Lipinski definition) is 2. The average Bonchev–Trinajstić information content (AvgIpc) is 2.97. The van der Waals surface area contributed by atoms with Crippen LogP contribution in [-0.2, 0) is 29.0 Å². The van der Waals surface area contributed by atoms with Gasteiger partial charge in [0.2, 0.25) is 5.91 Å². The molecule has 1 aromatic carbocycles. The van der Waals surface area contributed by atoms with Crippen LogP contribution in [0.4, 0.5) is 0 Å². The van der Waals surface area contributed by atoms with Gasteiger partial charge in [-0.1, -0.05) is 37.3 Å². The van der Waals surface area contributed by atoms with Gasteiger partial charge >= 0.3 is 5.97 Å². The first-order valence-corrected chi connectivity index (χ1v) is 10.6. The minimum absolute atomic E-state index is 0.00836. The lowest BCUT2D eigenvalue weighted by Crippen LogP contribution is -2.44. The maximum Gasteiger partial charge on any atom is 0.306 e. The van der Waals surface area contributed by atoms with Gasteiger partial charge in [0, 0.05) is 6.42 Å². The van der Waals surface area contributed by atoms with E-state index in [9.17, 15) is 22.8 Å². The zero-order chi connectivity index (χ0) is 19.9. The fourth-order valence-corrected chi connectivity index (χ4v) is 4.74. The molecule has 2 N–H and O–H groups in total. The first kappa shape index (κ1) is 20.9. The molecule has 1 aromatic rings. The zero-order valence-electron chi connectivity index (χ0n) is 15.1. The van der Waals surface area contributed by atoms with Crippen molar-refractivity contribution in [3.63, 3.8) is 0 Å². The summed E-state index contributed by atoms with van der Waals surface area (Å²) >= 11 is 0. The fourth-order valence-electron chi connectivity index (χ4n) is 2.88. The fraction of sp³-hybridized carbons (Fsp3) is 0.500. The molecule has 1 saturated heterocycles. The summed E-state index contributed by atoms with van der Waals surface area (Å²) in [7, 11) is -3.05. The lowest BCUT2D eigenvalue weighted by atomic mass is 9.98. The van der Waals surface area contributed by atoms with Gasteiger partial charge < -0.3 is 4.74 Å². The van der Waals surface area contributed by atoms with E-state index < -0.39 is 34.2 Å². The molecule has 0 unspecified atom stereocenters. The normalized spacial score (nSPS) is 19.1. The van der Waals surface area contributed by atoms with E-state index in [2.05, 4.69) is 10.9 Å². The van der Waals surface area contributed by atoms with Crippen molar-refractivity contribution in [1.82, 2.24) is 10.9 Å². The SMILES string of the molecule is C[C@@H](CC(=O)OCC(=O)NNC(=O)C[C@@H]1CCS(=O)(=O)C1)c1ccccc1. The molecule has 0 bridgehead atoms. The number of carbonyl (C=O) groups excluding carboxylic acids is 3. The maximum atomic E-state index is 11.8. The third-order valence-electron chi connectivity index (χ3n) is 4.35. The van der Waals surface area contributed by atoms with Gasteiger partial charge in [-0.05, 0) is 23.8 Å². The number of sulfone groups is 1. The summed E-state index contributed by atoms with van der Waals surface area (Å²) in [4.78, 5) is 35.2. The highest BCUT2D eigenvalue weighted by Crippen LogP contribution is 2.21. The summed E-state index contributed by atoms with van der Waals surface area (Å²) in [6.45, 7) is 1.39. The Bertz CT molecular complexity index is 778. The van der Waals surface area contributed by atoms with Crippen LogP contribution in [0.3, 0.4) is 0 Å². The molecule has 8 nitrogen and oxygen atoms in total. The largest absolute Gasteiger partial charge is 0.455 e. The van der Waals surface area contributed by atoms with E-state index in [0.29, 0.717) is 6.42 Å². The molecule has 0 radical (unpaired) electrons. The van der Waals surface area contributed by atoms with Crippen LogP contribution in [0.2, 0.25) is 0 Å². The number of ether oxygens (including phenoxy) is 1. The van der Waals surface area contributed by atoms with Crippen molar-refractivity contribution in [3.8, 4) is 0 Å². The molecule has 1 fully saturated rings. The number of hydrogen-bond acceptors (Lipinski definition) is 6. The van der Waals surface area contributed by atoms with E-state index in [0.717, 1.165) is 5.56 Å². The average molecular weight is 396 g/mol. The second-order valence-corrected chi connectivity index (χ2v) is 8.97. The second-order valence-electron chi connectivity index (χ2n) is 6.75. The Morgan fingerprint density at radius 3 is 2.44 bits per heavy atom. The number of carbonyl (C=O) groups is 3. The number of esters is 1. The molecule has 1 aliphatic rings. The van der Waals surface area contributed by atoms with Crippen molar-refractivity contribution in [3.05, 3.63) is 35.9 Å². The molecule has 2 rings (SSSR count). The van der Waals surface area contributed by atoms with Gasteiger partial charge in [0.1, 0.15) is 0 Å². The van der Waals surface area contributed by atoms with Crippen molar-refractivity contribution in [2.75, 3.05) is 18.1 Å². The highest BCUT2D eigenvalue weighted by molar-refractivity contribution is 7.91. The molecule has 0 aromatic heterocycles. The molecule has 148 valence electrons. The standard InChI is InChI=1S/C18H24N2O6S/c1-13(15-5-3-2-4-6-15)9-18(23)26-11-17(22)20-19-16(21)10-14-7-8-27(24,25)12-14/h2-6,13-14H,7-12H2,1H3,(H,19,21)(H,20,22)/t13-,14-/m0/s1. The quantitative estimate of drug-likeness (QED) is 0.517. The van der Waals surface area contributed by atoms with Crippen LogP contribution in [0.25, 0.3) is 0 Å². The highest BCUT2D eigenvalue weighted by Gasteiger charge is 2.29. The van der Waals surface area contributed by atoms with Crippen LogP contribution in [0, 0.1) is 5.92 Å². The minimum atomic E-state index is -3.05. The van der Waals surface area contributed by atoms with Crippen molar-refractivity contribution in [1.29, 1.82) is 0 Å². The number of hydrazine groups is 1. The highest BCUT2D eigenvalue weighted by atomic mass is 32.2. The Morgan fingerprint density at radius 2 is 1.81 bits per heavy atom. The van der Waals surface area contributed by atoms with Crippen LogP contribution >= 0.6 is 0 Å². The summed E-state index contributed by atoms with van der Waals surface area (Å²) in [5.74, 6) is -1.84. The van der Waals surface area contributed by atoms with Crippen molar-refractivity contribution < 1.29 is 27.5 Å². The van der Waals surface area contributed by atoms with Crippen LogP contribution in [0.5, 0.6) is 0 Å². The Morgan fingerprint density at radius 1 is 1.15 bits per heavy atom. The number of benzene rings is 1. The van der Waals surface area contributed by atoms with Gasteiger partial charge in [0.25, 0.3) is 5.91 Å². The van der Waals surface area contributed by atoms with E-state index in [1.807, 2.05) is 37.3 Å². The van der Waals surface area contributed by atoms with Crippen LogP contribution < -0.4 is 10.9 Å². The number of nitrogens with one attached hydrogen (secondary N) is 2. The van der Waals surface area contributed by atoms with E-state index >= 15 is 0 Å². The molecule has 0 spiro atoms. The van der Waals surface area contributed by atoms with Crippen LogP contribution in [0.1, 0.15) is 37.7 Å². The van der Waals surface area contributed by atoms with Gasteiger partial charge in [-0.3, -0.25) is 25.2 Å². The van der Waals surface area contributed by atoms with Gasteiger partial charge in [0.05, 0.1) is 17.9 Å². The summed E-state index contributed by atoms with van der Waals surface area (Å²) in [5, 5.41) is 0. The molecule has 0 saturated carbocycles. The van der Waals surface area contributed by atoms with E-state index in [1.54, 1.807) is 0 Å². The summed E-state index contributed by atoms with van der Waals surface area (Å²) in [6.07, 6.45) is 0.606. The molecule has 0 aliphatic carbocycles. The Hall–Kier alpha value is -2.42. The molecular weight excluding hydrogens is 372 g/mol. The first-order chi connectivity index (χ1) is 12.7. The molecule has 2 amide bonds. The Balaban J connectivity index is 1.62. The van der Waals surface area contributed by atoms with Gasteiger partial charge in [-0.2, -0.15) is 0 Å². The summed E-state index contributed by atoms with van der Waals surface area (Å²) < 4.78 is 27.6. The molecule has 9 heteroatoms. The van der Waals surface area contributed by atoms with Crippen molar-refractivity contribution in [2.24, 2.45) is 5.92 Å². The Kier molecular flexibility index (Phi) is 7.35. The monoisotopic (exact) mass is 396 g/mol. The van der Waals surface area contributed by atoms with Crippen LogP contribution in [0.15, 0.2) is 30.3 Å². The molecule has 1 heterocycles. The Labute approximate surface area is 158 Å². The summed E-state index contributed by atoms with van der Waals surface area (Å²) in [5.41, 5.74) is 5.35. The second kappa shape index (κ2) is 9.50. The van der Waals surface area contributed by atoms with Gasteiger partial charge in [-0.15, -0.1) is 0 Å². The van der Waals surface area contributed by atoms with Gasteiger partial charge in [-0.25, -0.2) is 8.42 Å². The summed E-state index contributed by atoms with van der Waals surface area (Å²) in [6, 6.07) is 9.48. The lowest BCUT2D eigenvalue weighted by molar-refractivity contribution is -0.149. The number of amides is 2.